The van der Waals surface area contributed by atoms with E-state index in [0.29, 0.717) is 12.2 Å². The maximum absolute atomic E-state index is 12.7. The number of nitrogens with one attached hydrogen (secondary N) is 1. The summed E-state index contributed by atoms with van der Waals surface area (Å²) in [5, 5.41) is 8.21. The molecular weight excluding hydrogens is 374 g/mol. The Labute approximate surface area is 165 Å². The summed E-state index contributed by atoms with van der Waals surface area (Å²) in [4.78, 5) is 31.4. The zero-order valence-corrected chi connectivity index (χ0v) is 16.6. The molecule has 144 valence electrons. The van der Waals surface area contributed by atoms with E-state index < -0.39 is 0 Å². The van der Waals surface area contributed by atoms with Crippen molar-refractivity contribution in [3.63, 3.8) is 0 Å². The molecule has 1 aromatic carbocycles. The molecule has 0 saturated heterocycles. The molecular formula is C20H21N5O2S. The van der Waals surface area contributed by atoms with Crippen molar-refractivity contribution in [2.24, 2.45) is 0 Å². The third-order valence-corrected chi connectivity index (χ3v) is 5.86. The summed E-state index contributed by atoms with van der Waals surface area (Å²) < 4.78 is 2.63. The van der Waals surface area contributed by atoms with Crippen molar-refractivity contribution in [3.05, 3.63) is 63.1 Å². The van der Waals surface area contributed by atoms with Gasteiger partial charge in [0.25, 0.3) is 0 Å². The van der Waals surface area contributed by atoms with Crippen LogP contribution in [0.2, 0.25) is 0 Å². The van der Waals surface area contributed by atoms with Crippen molar-refractivity contribution in [1.29, 1.82) is 0 Å². The van der Waals surface area contributed by atoms with Gasteiger partial charge >= 0.3 is 5.69 Å². The van der Waals surface area contributed by atoms with Crippen LogP contribution >= 0.6 is 11.3 Å². The van der Waals surface area contributed by atoms with Crippen LogP contribution in [-0.4, -0.2) is 31.6 Å². The number of hydrogen-bond donors (Lipinski definition) is 1. The number of thiophene rings is 1. The summed E-state index contributed by atoms with van der Waals surface area (Å²) in [5.74, 6) is -0.233. The van der Waals surface area contributed by atoms with E-state index in [-0.39, 0.29) is 18.1 Å². The maximum atomic E-state index is 12.7. The second-order valence-electron chi connectivity index (χ2n) is 6.63. The zero-order valence-electron chi connectivity index (χ0n) is 15.8. The van der Waals surface area contributed by atoms with Gasteiger partial charge in [-0.1, -0.05) is 37.3 Å². The maximum Gasteiger partial charge on any atom is 0.352 e. The third kappa shape index (κ3) is 3.31. The Kier molecular flexibility index (Phi) is 4.95. The SMILES string of the molecule is CCc1c(C)sc2ncn3c(=O)n(CC(=O)NCCc4ccccc4)nc3c12. The standard InChI is InChI=1S/C20H21N5O2S/c1-3-15-13(2)28-19-17(15)18-23-25(20(27)24(18)12-22-19)11-16(26)21-10-9-14-7-5-4-6-8-14/h4-8,12H,3,9-11H2,1-2H3,(H,21,26). The largest absolute Gasteiger partial charge is 0.354 e. The first-order chi connectivity index (χ1) is 13.6. The summed E-state index contributed by atoms with van der Waals surface area (Å²) in [6.45, 7) is 4.53. The second-order valence-corrected chi connectivity index (χ2v) is 7.84. The molecule has 4 rings (SSSR count). The number of carbonyl (C=O) groups is 1. The molecule has 0 spiro atoms. The van der Waals surface area contributed by atoms with Crippen LogP contribution in [0.1, 0.15) is 22.9 Å². The van der Waals surface area contributed by atoms with Crippen LogP contribution in [0.25, 0.3) is 15.9 Å². The normalized spacial score (nSPS) is 11.4. The van der Waals surface area contributed by atoms with Crippen LogP contribution in [0, 0.1) is 6.92 Å². The highest BCUT2D eigenvalue weighted by molar-refractivity contribution is 7.18. The molecule has 0 radical (unpaired) electrons. The molecule has 1 amide bonds. The number of hydrogen-bond acceptors (Lipinski definition) is 5. The highest BCUT2D eigenvalue weighted by Gasteiger charge is 2.18. The van der Waals surface area contributed by atoms with E-state index in [4.69, 9.17) is 0 Å². The predicted molar refractivity (Wildman–Crippen MR) is 110 cm³/mol. The van der Waals surface area contributed by atoms with E-state index in [9.17, 15) is 9.59 Å². The van der Waals surface area contributed by atoms with E-state index >= 15 is 0 Å². The second kappa shape index (κ2) is 7.55. The van der Waals surface area contributed by atoms with E-state index in [1.54, 1.807) is 11.3 Å². The van der Waals surface area contributed by atoms with E-state index in [1.165, 1.54) is 20.3 Å². The molecule has 8 heteroatoms. The lowest BCUT2D eigenvalue weighted by Gasteiger charge is -2.04. The number of fused-ring (bicyclic) bond motifs is 3. The zero-order chi connectivity index (χ0) is 19.7. The molecule has 0 saturated carbocycles. The average Bonchev–Trinajstić information content (AvgIpc) is 3.18. The molecule has 3 aromatic heterocycles. The molecule has 0 atom stereocenters. The van der Waals surface area contributed by atoms with Crippen LogP contribution < -0.4 is 11.0 Å². The van der Waals surface area contributed by atoms with E-state index in [1.807, 2.05) is 30.3 Å². The van der Waals surface area contributed by atoms with Crippen molar-refractivity contribution < 1.29 is 4.79 Å². The lowest BCUT2D eigenvalue weighted by atomic mass is 10.1. The minimum absolute atomic E-state index is 0.110. The molecule has 0 aliphatic carbocycles. The molecule has 1 N–H and O–H groups in total. The molecule has 0 fully saturated rings. The van der Waals surface area contributed by atoms with Crippen LogP contribution in [0.4, 0.5) is 0 Å². The van der Waals surface area contributed by atoms with E-state index in [2.05, 4.69) is 29.2 Å². The first kappa shape index (κ1) is 18.4. The molecule has 4 aromatic rings. The molecule has 3 heterocycles. The summed E-state index contributed by atoms with van der Waals surface area (Å²) in [5.41, 5.74) is 2.52. The highest BCUT2D eigenvalue weighted by atomic mass is 32.1. The first-order valence-electron chi connectivity index (χ1n) is 9.25. The molecule has 0 aliphatic heterocycles. The summed E-state index contributed by atoms with van der Waals surface area (Å²) in [6.07, 6.45) is 3.08. The van der Waals surface area contributed by atoms with Gasteiger partial charge in [-0.25, -0.2) is 18.9 Å². The number of carbonyl (C=O) groups excluding carboxylic acids is 1. The summed E-state index contributed by atoms with van der Waals surface area (Å²) in [7, 11) is 0. The average molecular weight is 395 g/mol. The molecule has 0 aliphatic rings. The number of aryl methyl sites for hydroxylation is 2. The number of amides is 1. The number of rotatable bonds is 6. The van der Waals surface area contributed by atoms with Crippen LogP contribution in [-0.2, 0) is 24.2 Å². The van der Waals surface area contributed by atoms with Crippen LogP contribution in [0.5, 0.6) is 0 Å². The van der Waals surface area contributed by atoms with Crippen molar-refractivity contribution in [1.82, 2.24) is 24.5 Å². The molecule has 0 unspecified atom stereocenters. The topological polar surface area (TPSA) is 81.3 Å². The fourth-order valence-corrected chi connectivity index (χ4v) is 4.48. The monoisotopic (exact) mass is 395 g/mol. The number of nitrogens with zero attached hydrogens (tertiary/aromatic N) is 4. The fourth-order valence-electron chi connectivity index (χ4n) is 3.40. The van der Waals surface area contributed by atoms with Gasteiger partial charge < -0.3 is 5.32 Å². The number of benzene rings is 1. The van der Waals surface area contributed by atoms with Crippen molar-refractivity contribution >= 4 is 33.1 Å². The van der Waals surface area contributed by atoms with Gasteiger partial charge in [0.05, 0.1) is 5.39 Å². The predicted octanol–water partition coefficient (Wildman–Crippen LogP) is 2.34. The number of aromatic nitrogens is 4. The van der Waals surface area contributed by atoms with E-state index in [0.717, 1.165) is 34.2 Å². The molecule has 7 nitrogen and oxygen atoms in total. The molecule has 0 bridgehead atoms. The van der Waals surface area contributed by atoms with Gasteiger partial charge in [0, 0.05) is 11.4 Å². The summed E-state index contributed by atoms with van der Waals surface area (Å²) in [6, 6.07) is 9.94. The quantitative estimate of drug-likeness (QED) is 0.543. The molecule has 28 heavy (non-hydrogen) atoms. The Balaban J connectivity index is 1.55. The third-order valence-electron chi connectivity index (χ3n) is 4.80. The smallest absolute Gasteiger partial charge is 0.352 e. The Morgan fingerprint density at radius 2 is 2.04 bits per heavy atom. The van der Waals surface area contributed by atoms with Gasteiger partial charge in [-0.2, -0.15) is 0 Å². The Morgan fingerprint density at radius 3 is 2.79 bits per heavy atom. The van der Waals surface area contributed by atoms with Gasteiger partial charge in [0.2, 0.25) is 5.91 Å². The fraction of sp³-hybridized carbons (Fsp3) is 0.300. The van der Waals surface area contributed by atoms with Crippen molar-refractivity contribution in [2.75, 3.05) is 6.54 Å². The first-order valence-corrected chi connectivity index (χ1v) is 10.1. The van der Waals surface area contributed by atoms with Crippen molar-refractivity contribution in [3.8, 4) is 0 Å². The van der Waals surface area contributed by atoms with Crippen LogP contribution in [0.3, 0.4) is 0 Å². The van der Waals surface area contributed by atoms with Crippen molar-refractivity contribution in [2.45, 2.75) is 33.2 Å². The van der Waals surface area contributed by atoms with Gasteiger partial charge in [-0.15, -0.1) is 16.4 Å². The van der Waals surface area contributed by atoms with Gasteiger partial charge in [-0.05, 0) is 30.9 Å². The lowest BCUT2D eigenvalue weighted by molar-refractivity contribution is -0.121. The van der Waals surface area contributed by atoms with Gasteiger partial charge in [-0.3, -0.25) is 4.79 Å². The Hall–Kier alpha value is -3.00. The lowest BCUT2D eigenvalue weighted by Crippen LogP contribution is -2.33. The minimum atomic E-state index is -0.353. The highest BCUT2D eigenvalue weighted by Crippen LogP contribution is 2.31. The van der Waals surface area contributed by atoms with Gasteiger partial charge in [0.1, 0.15) is 17.7 Å². The summed E-state index contributed by atoms with van der Waals surface area (Å²) >= 11 is 1.60. The van der Waals surface area contributed by atoms with Crippen LogP contribution in [0.15, 0.2) is 41.5 Å². The van der Waals surface area contributed by atoms with Gasteiger partial charge in [0.15, 0.2) is 5.65 Å². The minimum Gasteiger partial charge on any atom is -0.354 e. The Bertz CT molecular complexity index is 1210. The Morgan fingerprint density at radius 1 is 1.25 bits per heavy atom.